The SMILES string of the molecule is CC1CCN(CC(=O)Nc2cccc3ccccc23)CC1. The smallest absolute Gasteiger partial charge is 0.238 e. The zero-order valence-electron chi connectivity index (χ0n) is 12.5. The first-order valence-electron chi connectivity index (χ1n) is 7.72. The molecule has 1 fully saturated rings. The molecule has 1 heterocycles. The Bertz CT molecular complexity index is 625. The van der Waals surface area contributed by atoms with Crippen LogP contribution in [0.1, 0.15) is 19.8 Å². The topological polar surface area (TPSA) is 32.3 Å². The summed E-state index contributed by atoms with van der Waals surface area (Å²) in [6, 6.07) is 14.2. The number of benzene rings is 2. The van der Waals surface area contributed by atoms with Crippen molar-refractivity contribution in [3.8, 4) is 0 Å². The van der Waals surface area contributed by atoms with E-state index in [4.69, 9.17) is 0 Å². The van der Waals surface area contributed by atoms with Gasteiger partial charge in [0.05, 0.1) is 6.54 Å². The molecule has 1 N–H and O–H groups in total. The molecule has 0 bridgehead atoms. The van der Waals surface area contributed by atoms with Crippen LogP contribution in [-0.4, -0.2) is 30.4 Å². The van der Waals surface area contributed by atoms with Gasteiger partial charge in [0.15, 0.2) is 0 Å². The van der Waals surface area contributed by atoms with E-state index < -0.39 is 0 Å². The maximum absolute atomic E-state index is 12.3. The monoisotopic (exact) mass is 282 g/mol. The summed E-state index contributed by atoms with van der Waals surface area (Å²) in [5.74, 6) is 0.878. The number of anilines is 1. The number of fused-ring (bicyclic) bond motifs is 1. The molecule has 0 saturated carbocycles. The first-order valence-corrected chi connectivity index (χ1v) is 7.72. The van der Waals surface area contributed by atoms with Crippen molar-refractivity contribution in [1.82, 2.24) is 4.90 Å². The summed E-state index contributed by atoms with van der Waals surface area (Å²) in [5, 5.41) is 5.32. The standard InChI is InChI=1S/C18H22N2O/c1-14-9-11-20(12-10-14)13-18(21)19-17-8-4-6-15-5-2-3-7-16(15)17/h2-8,14H,9-13H2,1H3,(H,19,21). The van der Waals surface area contributed by atoms with Crippen LogP contribution < -0.4 is 5.32 Å². The van der Waals surface area contributed by atoms with Crippen LogP contribution in [0.3, 0.4) is 0 Å². The largest absolute Gasteiger partial charge is 0.324 e. The van der Waals surface area contributed by atoms with Gasteiger partial charge in [-0.3, -0.25) is 9.69 Å². The van der Waals surface area contributed by atoms with Gasteiger partial charge in [-0.1, -0.05) is 43.3 Å². The summed E-state index contributed by atoms with van der Waals surface area (Å²) in [5.41, 5.74) is 0.906. The van der Waals surface area contributed by atoms with Crippen molar-refractivity contribution < 1.29 is 4.79 Å². The third-order valence-corrected chi connectivity index (χ3v) is 4.31. The first kappa shape index (κ1) is 14.1. The van der Waals surface area contributed by atoms with Crippen LogP contribution in [0.2, 0.25) is 0 Å². The Hall–Kier alpha value is -1.87. The van der Waals surface area contributed by atoms with Gasteiger partial charge in [0.25, 0.3) is 0 Å². The number of nitrogens with zero attached hydrogens (tertiary/aromatic N) is 1. The number of piperidine rings is 1. The number of nitrogens with one attached hydrogen (secondary N) is 1. The van der Waals surface area contributed by atoms with Crippen LogP contribution in [0.15, 0.2) is 42.5 Å². The van der Waals surface area contributed by atoms with Crippen LogP contribution in [0, 0.1) is 5.92 Å². The molecule has 3 heteroatoms. The number of rotatable bonds is 3. The minimum Gasteiger partial charge on any atom is -0.324 e. The van der Waals surface area contributed by atoms with Crippen LogP contribution in [0.4, 0.5) is 5.69 Å². The van der Waals surface area contributed by atoms with Crippen molar-refractivity contribution in [3.05, 3.63) is 42.5 Å². The molecule has 110 valence electrons. The van der Waals surface area contributed by atoms with E-state index in [0.717, 1.165) is 35.5 Å². The highest BCUT2D eigenvalue weighted by Crippen LogP contribution is 2.23. The van der Waals surface area contributed by atoms with E-state index in [1.54, 1.807) is 0 Å². The lowest BCUT2D eigenvalue weighted by Crippen LogP contribution is -2.38. The van der Waals surface area contributed by atoms with E-state index in [1.807, 2.05) is 30.3 Å². The minimum atomic E-state index is 0.0842. The number of carbonyl (C=O) groups excluding carboxylic acids is 1. The molecular weight excluding hydrogens is 260 g/mol. The molecular formula is C18H22N2O. The van der Waals surface area contributed by atoms with Crippen LogP contribution in [0.5, 0.6) is 0 Å². The van der Waals surface area contributed by atoms with Gasteiger partial charge in [0, 0.05) is 11.1 Å². The molecule has 0 aliphatic carbocycles. The van der Waals surface area contributed by atoms with Gasteiger partial charge in [-0.15, -0.1) is 0 Å². The number of hydrogen-bond donors (Lipinski definition) is 1. The average molecular weight is 282 g/mol. The second-order valence-electron chi connectivity index (χ2n) is 6.03. The molecule has 0 radical (unpaired) electrons. The summed E-state index contributed by atoms with van der Waals surface area (Å²) in [4.78, 5) is 14.5. The predicted molar refractivity (Wildman–Crippen MR) is 87.4 cm³/mol. The third-order valence-electron chi connectivity index (χ3n) is 4.31. The Balaban J connectivity index is 1.66. The number of carbonyl (C=O) groups is 1. The van der Waals surface area contributed by atoms with Crippen molar-refractivity contribution in [3.63, 3.8) is 0 Å². The molecule has 1 amide bonds. The first-order chi connectivity index (χ1) is 10.2. The van der Waals surface area contributed by atoms with Gasteiger partial charge in [0.1, 0.15) is 0 Å². The lowest BCUT2D eigenvalue weighted by Gasteiger charge is -2.29. The van der Waals surface area contributed by atoms with Gasteiger partial charge in [-0.25, -0.2) is 0 Å². The van der Waals surface area contributed by atoms with Crippen molar-refractivity contribution in [2.24, 2.45) is 5.92 Å². The molecule has 3 rings (SSSR count). The highest BCUT2D eigenvalue weighted by molar-refractivity contribution is 6.02. The van der Waals surface area contributed by atoms with Crippen LogP contribution in [-0.2, 0) is 4.79 Å². The quantitative estimate of drug-likeness (QED) is 0.934. The minimum absolute atomic E-state index is 0.0842. The molecule has 0 aromatic heterocycles. The Kier molecular flexibility index (Phi) is 4.20. The van der Waals surface area contributed by atoms with E-state index in [2.05, 4.69) is 29.3 Å². The Labute approximate surface area is 125 Å². The van der Waals surface area contributed by atoms with Crippen molar-refractivity contribution >= 4 is 22.4 Å². The van der Waals surface area contributed by atoms with Gasteiger partial charge in [0.2, 0.25) is 5.91 Å². The molecule has 1 aliphatic heterocycles. The molecule has 0 atom stereocenters. The Morgan fingerprint density at radius 3 is 2.67 bits per heavy atom. The molecule has 1 aliphatic rings. The summed E-state index contributed by atoms with van der Waals surface area (Å²) in [7, 11) is 0. The maximum Gasteiger partial charge on any atom is 0.238 e. The molecule has 1 saturated heterocycles. The van der Waals surface area contributed by atoms with Gasteiger partial charge >= 0.3 is 0 Å². The maximum atomic E-state index is 12.3. The van der Waals surface area contributed by atoms with E-state index in [0.29, 0.717) is 6.54 Å². The molecule has 0 unspecified atom stereocenters. The van der Waals surface area contributed by atoms with Gasteiger partial charge < -0.3 is 5.32 Å². The second kappa shape index (κ2) is 6.27. The molecule has 2 aromatic rings. The van der Waals surface area contributed by atoms with E-state index in [9.17, 15) is 4.79 Å². The van der Waals surface area contributed by atoms with Crippen LogP contribution in [0.25, 0.3) is 10.8 Å². The zero-order valence-corrected chi connectivity index (χ0v) is 12.5. The predicted octanol–water partition coefficient (Wildman–Crippen LogP) is 3.51. The van der Waals surface area contributed by atoms with Gasteiger partial charge in [-0.2, -0.15) is 0 Å². The lowest BCUT2D eigenvalue weighted by atomic mass is 9.99. The Morgan fingerprint density at radius 2 is 1.86 bits per heavy atom. The fraction of sp³-hybridized carbons (Fsp3) is 0.389. The summed E-state index contributed by atoms with van der Waals surface area (Å²) < 4.78 is 0. The van der Waals surface area contributed by atoms with E-state index in [1.165, 1.54) is 12.8 Å². The highest BCUT2D eigenvalue weighted by atomic mass is 16.2. The van der Waals surface area contributed by atoms with E-state index >= 15 is 0 Å². The number of amides is 1. The zero-order chi connectivity index (χ0) is 14.7. The molecule has 0 spiro atoms. The third kappa shape index (κ3) is 3.42. The normalized spacial score (nSPS) is 17.0. The van der Waals surface area contributed by atoms with Gasteiger partial charge in [-0.05, 0) is 43.3 Å². The fourth-order valence-corrected chi connectivity index (χ4v) is 2.95. The van der Waals surface area contributed by atoms with E-state index in [-0.39, 0.29) is 5.91 Å². The van der Waals surface area contributed by atoms with Crippen molar-refractivity contribution in [1.29, 1.82) is 0 Å². The molecule has 3 nitrogen and oxygen atoms in total. The number of hydrogen-bond acceptors (Lipinski definition) is 2. The Morgan fingerprint density at radius 1 is 1.14 bits per heavy atom. The summed E-state index contributed by atoms with van der Waals surface area (Å²) in [6.07, 6.45) is 2.39. The lowest BCUT2D eigenvalue weighted by molar-refractivity contribution is -0.117. The van der Waals surface area contributed by atoms with Crippen molar-refractivity contribution in [2.45, 2.75) is 19.8 Å². The van der Waals surface area contributed by atoms with Crippen LogP contribution >= 0.6 is 0 Å². The average Bonchev–Trinajstić information content (AvgIpc) is 2.50. The fourth-order valence-electron chi connectivity index (χ4n) is 2.95. The number of likely N-dealkylation sites (tertiary alicyclic amines) is 1. The second-order valence-corrected chi connectivity index (χ2v) is 6.03. The van der Waals surface area contributed by atoms with Crippen molar-refractivity contribution in [2.75, 3.05) is 25.0 Å². The molecule has 21 heavy (non-hydrogen) atoms. The summed E-state index contributed by atoms with van der Waals surface area (Å²) >= 11 is 0. The summed E-state index contributed by atoms with van der Waals surface area (Å²) in [6.45, 7) is 4.84. The highest BCUT2D eigenvalue weighted by Gasteiger charge is 2.18. The molecule has 2 aromatic carbocycles.